The van der Waals surface area contributed by atoms with E-state index in [0.717, 1.165) is 23.7 Å². The topological polar surface area (TPSA) is 20.2 Å². The summed E-state index contributed by atoms with van der Waals surface area (Å²) in [6.45, 7) is 2.23. The molecule has 0 aromatic heterocycles. The van der Waals surface area contributed by atoms with Gasteiger partial charge in [-0.05, 0) is 92.1 Å². The molecule has 5 rings (SSSR count). The summed E-state index contributed by atoms with van der Waals surface area (Å²) >= 11 is 0. The zero-order valence-corrected chi connectivity index (χ0v) is 13.7. The number of benzene rings is 1. The Morgan fingerprint density at radius 1 is 0.773 bits per heavy atom. The minimum absolute atomic E-state index is 0.649. The summed E-state index contributed by atoms with van der Waals surface area (Å²) in [5, 5.41) is 11.1. The van der Waals surface area contributed by atoms with Gasteiger partial charge in [0.2, 0.25) is 0 Å². The van der Waals surface area contributed by atoms with Crippen LogP contribution in [0.5, 0.6) is 5.75 Å². The Kier molecular flexibility index (Phi) is 2.91. The number of rotatable bonds is 2. The van der Waals surface area contributed by atoms with Crippen molar-refractivity contribution in [2.75, 3.05) is 0 Å². The van der Waals surface area contributed by atoms with Gasteiger partial charge in [-0.25, -0.2) is 0 Å². The summed E-state index contributed by atoms with van der Waals surface area (Å²) in [6, 6.07) is 4.61. The minimum atomic E-state index is 0.649. The molecule has 1 aromatic rings. The van der Waals surface area contributed by atoms with Crippen LogP contribution in [0.4, 0.5) is 0 Å². The van der Waals surface area contributed by atoms with Crippen molar-refractivity contribution in [1.29, 1.82) is 0 Å². The van der Waals surface area contributed by atoms with Gasteiger partial charge in [-0.15, -0.1) is 0 Å². The monoisotopic (exact) mass is 296 g/mol. The highest BCUT2D eigenvalue weighted by molar-refractivity contribution is 5.48. The van der Waals surface area contributed by atoms with Gasteiger partial charge in [0.05, 0.1) is 0 Å². The molecule has 1 N–H and O–H groups in total. The normalized spacial score (nSPS) is 42.4. The van der Waals surface area contributed by atoms with Crippen molar-refractivity contribution < 1.29 is 5.11 Å². The summed E-state index contributed by atoms with van der Waals surface area (Å²) in [5.74, 6) is 5.59. The van der Waals surface area contributed by atoms with Crippen molar-refractivity contribution in [2.45, 2.75) is 70.1 Å². The molecule has 0 aliphatic heterocycles. The highest BCUT2D eigenvalue weighted by atomic mass is 16.3. The molecular weight excluding hydrogens is 268 g/mol. The number of phenols is 1. The highest BCUT2D eigenvalue weighted by Gasteiger charge is 2.44. The minimum Gasteiger partial charge on any atom is -0.507 e. The van der Waals surface area contributed by atoms with E-state index in [0.29, 0.717) is 17.6 Å². The van der Waals surface area contributed by atoms with E-state index in [1.165, 1.54) is 68.1 Å². The molecule has 1 nitrogen and oxygen atoms in total. The van der Waals surface area contributed by atoms with Gasteiger partial charge in [0.15, 0.2) is 0 Å². The SMILES string of the molecule is Cc1cc(C2CC3CCC2C3)c(O)c(C2CC3CCC2C3)c1. The molecule has 1 heteroatoms. The predicted molar refractivity (Wildman–Crippen MR) is 89.2 cm³/mol. The Hall–Kier alpha value is -0.980. The Balaban J connectivity index is 1.53. The van der Waals surface area contributed by atoms with Crippen LogP contribution in [0.2, 0.25) is 0 Å². The van der Waals surface area contributed by atoms with Crippen LogP contribution in [-0.4, -0.2) is 5.11 Å². The van der Waals surface area contributed by atoms with E-state index in [-0.39, 0.29) is 0 Å². The van der Waals surface area contributed by atoms with Crippen molar-refractivity contribution in [2.24, 2.45) is 23.7 Å². The molecule has 118 valence electrons. The molecule has 0 amide bonds. The van der Waals surface area contributed by atoms with Crippen LogP contribution in [0.15, 0.2) is 12.1 Å². The average Bonchev–Trinajstić information content (AvgIpc) is 3.29. The largest absolute Gasteiger partial charge is 0.507 e. The molecule has 4 aliphatic carbocycles. The lowest BCUT2D eigenvalue weighted by Gasteiger charge is -2.28. The molecule has 0 heterocycles. The van der Waals surface area contributed by atoms with Crippen LogP contribution < -0.4 is 0 Å². The summed E-state index contributed by atoms with van der Waals surface area (Å²) in [4.78, 5) is 0. The lowest BCUT2D eigenvalue weighted by atomic mass is 9.77. The maximum atomic E-state index is 11.1. The lowest BCUT2D eigenvalue weighted by Crippen LogP contribution is -2.13. The second kappa shape index (κ2) is 4.76. The van der Waals surface area contributed by atoms with Crippen molar-refractivity contribution in [3.8, 4) is 5.75 Å². The van der Waals surface area contributed by atoms with Gasteiger partial charge in [0, 0.05) is 0 Å². The van der Waals surface area contributed by atoms with Crippen molar-refractivity contribution in [3.63, 3.8) is 0 Å². The number of fused-ring (bicyclic) bond motifs is 4. The summed E-state index contributed by atoms with van der Waals surface area (Å²) < 4.78 is 0. The van der Waals surface area contributed by atoms with E-state index >= 15 is 0 Å². The second-order valence-corrected chi connectivity index (χ2v) is 8.85. The first-order chi connectivity index (χ1) is 10.7. The first-order valence-electron chi connectivity index (χ1n) is 9.52. The Morgan fingerprint density at radius 3 is 1.64 bits per heavy atom. The molecule has 0 spiro atoms. The maximum Gasteiger partial charge on any atom is 0.122 e. The fourth-order valence-corrected chi connectivity index (χ4v) is 6.65. The maximum absolute atomic E-state index is 11.1. The van der Waals surface area contributed by atoms with Gasteiger partial charge >= 0.3 is 0 Å². The molecular formula is C21H28O. The van der Waals surface area contributed by atoms with Crippen molar-refractivity contribution in [1.82, 2.24) is 0 Å². The third-order valence-corrected chi connectivity index (χ3v) is 7.59. The number of hydrogen-bond acceptors (Lipinski definition) is 1. The quantitative estimate of drug-likeness (QED) is 0.763. The van der Waals surface area contributed by atoms with E-state index in [2.05, 4.69) is 19.1 Å². The van der Waals surface area contributed by atoms with E-state index in [4.69, 9.17) is 0 Å². The molecule has 22 heavy (non-hydrogen) atoms. The van der Waals surface area contributed by atoms with Gasteiger partial charge in [0.1, 0.15) is 5.75 Å². The van der Waals surface area contributed by atoms with Gasteiger partial charge in [-0.3, -0.25) is 0 Å². The van der Waals surface area contributed by atoms with E-state index in [1.54, 1.807) is 0 Å². The first-order valence-corrected chi connectivity index (χ1v) is 9.52. The zero-order valence-electron chi connectivity index (χ0n) is 13.7. The van der Waals surface area contributed by atoms with E-state index in [9.17, 15) is 5.11 Å². The van der Waals surface area contributed by atoms with Gasteiger partial charge in [-0.2, -0.15) is 0 Å². The molecule has 0 saturated heterocycles. The van der Waals surface area contributed by atoms with Crippen LogP contribution in [0, 0.1) is 30.6 Å². The Labute approximate surface area is 134 Å². The van der Waals surface area contributed by atoms with Crippen LogP contribution in [0.3, 0.4) is 0 Å². The van der Waals surface area contributed by atoms with Crippen molar-refractivity contribution in [3.05, 3.63) is 28.8 Å². The molecule has 4 saturated carbocycles. The average molecular weight is 296 g/mol. The van der Waals surface area contributed by atoms with Crippen LogP contribution >= 0.6 is 0 Å². The van der Waals surface area contributed by atoms with Crippen LogP contribution in [0.25, 0.3) is 0 Å². The predicted octanol–water partition coefficient (Wildman–Crippen LogP) is 5.51. The Bertz CT molecular complexity index is 555. The van der Waals surface area contributed by atoms with E-state index < -0.39 is 0 Å². The molecule has 0 radical (unpaired) electrons. The van der Waals surface area contributed by atoms with Crippen LogP contribution in [0.1, 0.15) is 79.9 Å². The van der Waals surface area contributed by atoms with E-state index in [1.807, 2.05) is 0 Å². The molecule has 4 bridgehead atoms. The fraction of sp³-hybridized carbons (Fsp3) is 0.714. The lowest BCUT2D eigenvalue weighted by molar-refractivity contribution is 0.376. The van der Waals surface area contributed by atoms with Gasteiger partial charge < -0.3 is 5.11 Å². The Morgan fingerprint density at radius 2 is 1.27 bits per heavy atom. The fourth-order valence-electron chi connectivity index (χ4n) is 6.65. The molecule has 4 fully saturated rings. The number of hydrogen-bond donors (Lipinski definition) is 1. The highest BCUT2D eigenvalue weighted by Crippen LogP contribution is 2.58. The number of aryl methyl sites for hydroxylation is 1. The van der Waals surface area contributed by atoms with Crippen molar-refractivity contribution >= 4 is 0 Å². The molecule has 4 aliphatic rings. The number of aromatic hydroxyl groups is 1. The molecule has 6 unspecified atom stereocenters. The summed E-state index contributed by atoms with van der Waals surface area (Å²) in [5.41, 5.74) is 3.99. The smallest absolute Gasteiger partial charge is 0.122 e. The second-order valence-electron chi connectivity index (χ2n) is 8.85. The van der Waals surface area contributed by atoms with Gasteiger partial charge in [-0.1, -0.05) is 30.5 Å². The standard InChI is InChI=1S/C21H28O/c1-12-6-19(17-10-13-2-4-15(17)8-13)21(22)20(7-12)18-11-14-3-5-16(18)9-14/h6-7,13-18,22H,2-5,8-11H2,1H3. The van der Waals surface area contributed by atoms with Crippen LogP contribution in [-0.2, 0) is 0 Å². The van der Waals surface area contributed by atoms with Gasteiger partial charge in [0.25, 0.3) is 0 Å². The zero-order chi connectivity index (χ0) is 14.8. The third-order valence-electron chi connectivity index (χ3n) is 7.59. The summed E-state index contributed by atoms with van der Waals surface area (Å²) in [6.07, 6.45) is 11.2. The molecule has 6 atom stereocenters. The molecule has 1 aromatic carbocycles. The summed E-state index contributed by atoms with van der Waals surface area (Å²) in [7, 11) is 0. The number of phenolic OH excluding ortho intramolecular Hbond substituents is 1. The third kappa shape index (κ3) is 1.90. The first kappa shape index (κ1) is 13.5.